The number of halogens is 3. The second-order valence-corrected chi connectivity index (χ2v) is 11.0. The Morgan fingerprint density at radius 1 is 1.09 bits per heavy atom. The van der Waals surface area contributed by atoms with Crippen LogP contribution in [0, 0.1) is 5.82 Å². The van der Waals surface area contributed by atoms with E-state index in [0.717, 1.165) is 16.6 Å². The number of amides is 2. The molecule has 0 saturated heterocycles. The topological polar surface area (TPSA) is 86.8 Å². The van der Waals surface area contributed by atoms with Gasteiger partial charge in [0.25, 0.3) is 0 Å². The average Bonchev–Trinajstić information content (AvgIpc) is 2.77. The molecule has 7 nitrogen and oxygen atoms in total. The highest BCUT2D eigenvalue weighted by molar-refractivity contribution is 7.92. The van der Waals surface area contributed by atoms with Gasteiger partial charge in [-0.15, -0.1) is 0 Å². The predicted octanol–water partition coefficient (Wildman–Crippen LogP) is 4.62. The van der Waals surface area contributed by atoms with Gasteiger partial charge in [0.1, 0.15) is 18.4 Å². The van der Waals surface area contributed by atoms with E-state index in [1.165, 1.54) is 29.2 Å². The molecule has 2 atom stereocenters. The van der Waals surface area contributed by atoms with E-state index in [1.54, 1.807) is 19.1 Å². The Labute approximate surface area is 216 Å². The fourth-order valence-electron chi connectivity index (χ4n) is 3.44. The van der Waals surface area contributed by atoms with E-state index in [2.05, 4.69) is 5.32 Å². The second kappa shape index (κ2) is 12.6. The van der Waals surface area contributed by atoms with Crippen molar-refractivity contribution >= 4 is 50.7 Å². The lowest BCUT2D eigenvalue weighted by Gasteiger charge is -2.33. The summed E-state index contributed by atoms with van der Waals surface area (Å²) in [5, 5.41) is 3.59. The molecule has 0 aromatic heterocycles. The highest BCUT2D eigenvalue weighted by Crippen LogP contribution is 2.25. The number of sulfonamides is 1. The van der Waals surface area contributed by atoms with Crippen molar-refractivity contribution < 1.29 is 22.4 Å². The molecule has 192 valence electrons. The number of carbonyl (C=O) groups excluding carboxylic acids is 2. The van der Waals surface area contributed by atoms with Crippen molar-refractivity contribution in [3.8, 4) is 0 Å². The van der Waals surface area contributed by atoms with Crippen LogP contribution < -0.4 is 9.62 Å². The van der Waals surface area contributed by atoms with E-state index < -0.39 is 34.3 Å². The van der Waals surface area contributed by atoms with Crippen LogP contribution in [0.15, 0.2) is 42.5 Å². The van der Waals surface area contributed by atoms with Crippen molar-refractivity contribution in [3.63, 3.8) is 0 Å². The molecule has 1 N–H and O–H groups in total. The van der Waals surface area contributed by atoms with Gasteiger partial charge in [0.2, 0.25) is 21.8 Å². The molecule has 2 aromatic carbocycles. The number of hydrogen-bond acceptors (Lipinski definition) is 4. The Morgan fingerprint density at radius 3 is 2.31 bits per heavy atom. The molecule has 2 amide bonds. The van der Waals surface area contributed by atoms with Crippen molar-refractivity contribution in [2.75, 3.05) is 17.1 Å². The van der Waals surface area contributed by atoms with Gasteiger partial charge >= 0.3 is 0 Å². The van der Waals surface area contributed by atoms with Crippen LogP contribution in [0.1, 0.15) is 39.2 Å². The third-order valence-electron chi connectivity index (χ3n) is 5.52. The molecule has 0 aliphatic heterocycles. The summed E-state index contributed by atoms with van der Waals surface area (Å²) in [6.07, 6.45) is 1.90. The smallest absolute Gasteiger partial charge is 0.244 e. The highest BCUT2D eigenvalue weighted by Gasteiger charge is 2.32. The second-order valence-electron chi connectivity index (χ2n) is 8.25. The van der Waals surface area contributed by atoms with E-state index >= 15 is 0 Å². The lowest BCUT2D eigenvalue weighted by Crippen LogP contribution is -2.53. The van der Waals surface area contributed by atoms with Crippen molar-refractivity contribution in [1.82, 2.24) is 10.2 Å². The fraction of sp³-hybridized carbons (Fsp3) is 0.417. The van der Waals surface area contributed by atoms with Crippen molar-refractivity contribution in [2.24, 2.45) is 0 Å². The summed E-state index contributed by atoms with van der Waals surface area (Å²) in [6.45, 7) is 4.85. The number of hydrogen-bond donors (Lipinski definition) is 1. The minimum Gasteiger partial charge on any atom is -0.352 e. The maximum Gasteiger partial charge on any atom is 0.244 e. The molecule has 0 saturated carbocycles. The van der Waals surface area contributed by atoms with Crippen LogP contribution >= 0.6 is 23.2 Å². The first kappa shape index (κ1) is 28.9. The summed E-state index contributed by atoms with van der Waals surface area (Å²) in [4.78, 5) is 27.9. The molecule has 0 unspecified atom stereocenters. The number of nitrogens with one attached hydrogen (secondary N) is 1. The molecule has 0 radical (unpaired) electrons. The van der Waals surface area contributed by atoms with Crippen LogP contribution in [0.2, 0.25) is 10.0 Å². The minimum absolute atomic E-state index is 0.00225. The molecule has 11 heteroatoms. The lowest BCUT2D eigenvalue weighted by atomic mass is 10.1. The maximum atomic E-state index is 13.8. The molecule has 0 bridgehead atoms. The standard InChI is InChI=1S/C24H30Cl2FN3O4S/c1-5-16(3)28-24(32)22(6-2)29(14-17-10-11-18(25)12-21(17)26)23(31)15-30(35(4,33)34)20-9-7-8-19(27)13-20/h7-13,16,22H,5-6,14-15H2,1-4H3,(H,28,32)/t16-,22+/m0/s1. The van der Waals surface area contributed by atoms with Gasteiger partial charge in [-0.2, -0.15) is 0 Å². The van der Waals surface area contributed by atoms with Gasteiger partial charge in [-0.3, -0.25) is 13.9 Å². The molecule has 35 heavy (non-hydrogen) atoms. The van der Waals surface area contributed by atoms with E-state index in [0.29, 0.717) is 22.0 Å². The highest BCUT2D eigenvalue weighted by atomic mass is 35.5. The zero-order valence-electron chi connectivity index (χ0n) is 20.1. The molecule has 2 aromatic rings. The van der Waals surface area contributed by atoms with Gasteiger partial charge in [0, 0.05) is 22.6 Å². The van der Waals surface area contributed by atoms with Crippen LogP contribution in [-0.4, -0.2) is 50.0 Å². The molecule has 0 aliphatic rings. The van der Waals surface area contributed by atoms with E-state index in [-0.39, 0.29) is 30.6 Å². The Kier molecular flexibility index (Phi) is 10.4. The maximum absolute atomic E-state index is 13.8. The number of rotatable bonds is 11. The Balaban J connectivity index is 2.48. The van der Waals surface area contributed by atoms with Gasteiger partial charge in [-0.1, -0.05) is 49.2 Å². The zero-order valence-corrected chi connectivity index (χ0v) is 22.4. The molecular weight excluding hydrogens is 516 g/mol. The first-order valence-electron chi connectivity index (χ1n) is 11.1. The summed E-state index contributed by atoms with van der Waals surface area (Å²) in [5.74, 6) is -1.65. The number of carbonyl (C=O) groups is 2. The molecule has 2 rings (SSSR count). The van der Waals surface area contributed by atoms with Gasteiger partial charge < -0.3 is 10.2 Å². The Hall–Kier alpha value is -2.36. The lowest BCUT2D eigenvalue weighted by molar-refractivity contribution is -0.140. The molecule has 0 heterocycles. The summed E-state index contributed by atoms with van der Waals surface area (Å²) >= 11 is 12.3. The summed E-state index contributed by atoms with van der Waals surface area (Å²) in [5.41, 5.74) is 0.540. The largest absolute Gasteiger partial charge is 0.352 e. The van der Waals surface area contributed by atoms with Crippen LogP contribution in [-0.2, 0) is 26.2 Å². The molecule has 0 spiro atoms. The van der Waals surface area contributed by atoms with E-state index in [4.69, 9.17) is 23.2 Å². The van der Waals surface area contributed by atoms with Crippen molar-refractivity contribution in [2.45, 2.75) is 52.2 Å². The summed E-state index contributed by atoms with van der Waals surface area (Å²) in [7, 11) is -3.95. The fourth-order valence-corrected chi connectivity index (χ4v) is 4.75. The minimum atomic E-state index is -3.95. The van der Waals surface area contributed by atoms with Crippen molar-refractivity contribution in [3.05, 3.63) is 63.9 Å². The third kappa shape index (κ3) is 8.08. The first-order chi connectivity index (χ1) is 16.4. The first-order valence-corrected chi connectivity index (χ1v) is 13.7. The number of nitrogens with zero attached hydrogens (tertiary/aromatic N) is 2. The Morgan fingerprint density at radius 2 is 1.77 bits per heavy atom. The van der Waals surface area contributed by atoms with Gasteiger partial charge in [-0.05, 0) is 55.7 Å². The average molecular weight is 546 g/mol. The summed E-state index contributed by atoms with van der Waals surface area (Å²) in [6, 6.07) is 8.72. The van der Waals surface area contributed by atoms with Crippen molar-refractivity contribution in [1.29, 1.82) is 0 Å². The number of benzene rings is 2. The quantitative estimate of drug-likeness (QED) is 0.446. The van der Waals surface area contributed by atoms with Gasteiger partial charge in [0.15, 0.2) is 0 Å². The zero-order chi connectivity index (χ0) is 26.3. The SMILES string of the molecule is CC[C@H](C(=O)N[C@@H](C)CC)N(Cc1ccc(Cl)cc1Cl)C(=O)CN(c1cccc(F)c1)S(C)(=O)=O. The Bertz CT molecular complexity index is 1160. The van der Waals surface area contributed by atoms with Crippen LogP contribution in [0.25, 0.3) is 0 Å². The molecule has 0 aliphatic carbocycles. The van der Waals surface area contributed by atoms with Crippen LogP contribution in [0.5, 0.6) is 0 Å². The monoisotopic (exact) mass is 545 g/mol. The van der Waals surface area contributed by atoms with Crippen LogP contribution in [0.3, 0.4) is 0 Å². The molecule has 0 fully saturated rings. The molecular formula is C24H30Cl2FN3O4S. The van der Waals surface area contributed by atoms with E-state index in [9.17, 15) is 22.4 Å². The third-order valence-corrected chi connectivity index (χ3v) is 7.25. The van der Waals surface area contributed by atoms with Crippen LogP contribution in [0.4, 0.5) is 10.1 Å². The van der Waals surface area contributed by atoms with E-state index in [1.807, 2.05) is 13.8 Å². The van der Waals surface area contributed by atoms with Gasteiger partial charge in [0.05, 0.1) is 11.9 Å². The van der Waals surface area contributed by atoms with Gasteiger partial charge in [-0.25, -0.2) is 12.8 Å². The number of anilines is 1. The summed E-state index contributed by atoms with van der Waals surface area (Å²) < 4.78 is 39.7. The normalized spacial score (nSPS) is 13.1. The predicted molar refractivity (Wildman–Crippen MR) is 138 cm³/mol.